The van der Waals surface area contributed by atoms with E-state index in [1.54, 1.807) is 24.3 Å². The number of hydrogen-bond acceptors (Lipinski definition) is 3. The highest BCUT2D eigenvalue weighted by Gasteiger charge is 2.10. The maximum atomic E-state index is 12.1. The Bertz CT molecular complexity index is 894. The molecule has 0 fully saturated rings. The third kappa shape index (κ3) is 2.53. The molecule has 0 aliphatic rings. The van der Waals surface area contributed by atoms with Crippen molar-refractivity contribution >= 4 is 28.5 Å². The number of carbonyl (C=O) groups is 1. The molecule has 5 heteroatoms. The monoisotopic (exact) mass is 300 g/mol. The van der Waals surface area contributed by atoms with Crippen molar-refractivity contribution in [1.29, 1.82) is 0 Å². The molecule has 0 saturated carbocycles. The molecule has 4 nitrogen and oxygen atoms in total. The van der Waals surface area contributed by atoms with Gasteiger partial charge >= 0.3 is 5.97 Å². The van der Waals surface area contributed by atoms with E-state index in [1.165, 1.54) is 24.3 Å². The minimum absolute atomic E-state index is 0.0500. The number of carboxylic acids is 1. The topological polar surface area (TPSA) is 67.5 Å². The Morgan fingerprint density at radius 3 is 2.43 bits per heavy atom. The van der Waals surface area contributed by atoms with Gasteiger partial charge in [0.1, 0.15) is 11.3 Å². The minimum Gasteiger partial charge on any atom is -0.478 e. The normalized spacial score (nSPS) is 10.7. The molecule has 3 rings (SSSR count). The number of hydrogen-bond donors (Lipinski definition) is 1. The van der Waals surface area contributed by atoms with E-state index in [1.807, 2.05) is 0 Å². The van der Waals surface area contributed by atoms with Crippen LogP contribution in [-0.2, 0) is 0 Å². The van der Waals surface area contributed by atoms with Crippen LogP contribution < -0.4 is 5.43 Å². The van der Waals surface area contributed by atoms with Crippen LogP contribution in [0.3, 0.4) is 0 Å². The molecular formula is C16H9ClO4. The van der Waals surface area contributed by atoms with Gasteiger partial charge in [-0.2, -0.15) is 0 Å². The molecule has 0 radical (unpaired) electrons. The van der Waals surface area contributed by atoms with Crippen LogP contribution in [0.1, 0.15) is 10.4 Å². The third-order valence-corrected chi connectivity index (χ3v) is 3.35. The lowest BCUT2D eigenvalue weighted by Gasteiger charge is -2.04. The van der Waals surface area contributed by atoms with Crippen molar-refractivity contribution in [1.82, 2.24) is 0 Å². The van der Waals surface area contributed by atoms with Crippen LogP contribution in [0.15, 0.2) is 57.7 Å². The molecule has 0 unspecified atom stereocenters. The van der Waals surface area contributed by atoms with E-state index in [2.05, 4.69) is 0 Å². The van der Waals surface area contributed by atoms with Crippen molar-refractivity contribution in [3.63, 3.8) is 0 Å². The molecule has 0 saturated heterocycles. The molecule has 0 aliphatic carbocycles. The lowest BCUT2D eigenvalue weighted by atomic mass is 10.1. The molecule has 21 heavy (non-hydrogen) atoms. The van der Waals surface area contributed by atoms with Crippen LogP contribution in [0.4, 0.5) is 0 Å². The summed E-state index contributed by atoms with van der Waals surface area (Å²) >= 11 is 5.82. The van der Waals surface area contributed by atoms with Gasteiger partial charge in [-0.3, -0.25) is 4.79 Å². The fourth-order valence-corrected chi connectivity index (χ4v) is 2.17. The minimum atomic E-state index is -1.09. The lowest BCUT2D eigenvalue weighted by molar-refractivity contribution is 0.0697. The average molecular weight is 301 g/mol. The Morgan fingerprint density at radius 2 is 1.76 bits per heavy atom. The van der Waals surface area contributed by atoms with Crippen LogP contribution in [-0.4, -0.2) is 11.1 Å². The standard InChI is InChI=1S/C16H9ClO4/c17-11-4-1-9(2-5-11)15-8-13(18)12-7-10(16(19)20)3-6-14(12)21-15/h1-8H,(H,19,20). The van der Waals surface area contributed by atoms with E-state index < -0.39 is 5.97 Å². The van der Waals surface area contributed by atoms with E-state index in [0.29, 0.717) is 16.4 Å². The van der Waals surface area contributed by atoms with Gasteiger partial charge in [-0.15, -0.1) is 0 Å². The highest BCUT2D eigenvalue weighted by atomic mass is 35.5. The molecule has 3 aromatic rings. The van der Waals surface area contributed by atoms with E-state index in [-0.39, 0.29) is 16.4 Å². The SMILES string of the molecule is O=C(O)c1ccc2oc(-c3ccc(Cl)cc3)cc(=O)c2c1. The molecule has 2 aromatic carbocycles. The van der Waals surface area contributed by atoms with Crippen LogP contribution in [0.5, 0.6) is 0 Å². The number of benzene rings is 2. The molecule has 0 bridgehead atoms. The summed E-state index contributed by atoms with van der Waals surface area (Å²) in [6.45, 7) is 0. The van der Waals surface area contributed by atoms with Gasteiger partial charge in [-0.05, 0) is 42.5 Å². The molecule has 1 N–H and O–H groups in total. The predicted molar refractivity (Wildman–Crippen MR) is 79.9 cm³/mol. The molecule has 0 spiro atoms. The van der Waals surface area contributed by atoms with Gasteiger partial charge in [0, 0.05) is 16.7 Å². The summed E-state index contributed by atoms with van der Waals surface area (Å²) in [5.41, 5.74) is 0.830. The Balaban J connectivity index is 2.20. The van der Waals surface area contributed by atoms with Crippen molar-refractivity contribution in [2.24, 2.45) is 0 Å². The fraction of sp³-hybridized carbons (Fsp3) is 0. The Morgan fingerprint density at radius 1 is 1.05 bits per heavy atom. The maximum Gasteiger partial charge on any atom is 0.335 e. The van der Waals surface area contributed by atoms with Crippen molar-refractivity contribution in [2.75, 3.05) is 0 Å². The van der Waals surface area contributed by atoms with Gasteiger partial charge < -0.3 is 9.52 Å². The first-order valence-corrected chi connectivity index (χ1v) is 6.49. The molecule has 0 aliphatic heterocycles. The maximum absolute atomic E-state index is 12.1. The van der Waals surface area contributed by atoms with Gasteiger partial charge in [0.15, 0.2) is 5.43 Å². The first-order chi connectivity index (χ1) is 10.0. The van der Waals surface area contributed by atoms with Crippen molar-refractivity contribution < 1.29 is 14.3 Å². The van der Waals surface area contributed by atoms with E-state index >= 15 is 0 Å². The van der Waals surface area contributed by atoms with Crippen molar-refractivity contribution in [3.8, 4) is 11.3 Å². The van der Waals surface area contributed by atoms with E-state index in [0.717, 1.165) is 5.56 Å². The van der Waals surface area contributed by atoms with Gasteiger partial charge in [-0.1, -0.05) is 11.6 Å². The second-order valence-corrected chi connectivity index (χ2v) is 4.93. The van der Waals surface area contributed by atoms with Crippen molar-refractivity contribution in [3.05, 3.63) is 69.3 Å². The summed E-state index contributed by atoms with van der Waals surface area (Å²) in [6.07, 6.45) is 0. The predicted octanol–water partition coefficient (Wildman–Crippen LogP) is 3.81. The zero-order valence-corrected chi connectivity index (χ0v) is 11.4. The van der Waals surface area contributed by atoms with Gasteiger partial charge in [0.2, 0.25) is 0 Å². The average Bonchev–Trinajstić information content (AvgIpc) is 2.47. The summed E-state index contributed by atoms with van der Waals surface area (Å²) in [6, 6.07) is 12.4. The first kappa shape index (κ1) is 13.4. The van der Waals surface area contributed by atoms with Crippen LogP contribution >= 0.6 is 11.6 Å². The molecule has 1 aromatic heterocycles. The summed E-state index contributed by atoms with van der Waals surface area (Å²) in [5.74, 6) is -0.676. The first-order valence-electron chi connectivity index (χ1n) is 6.12. The number of halogens is 1. The number of carboxylic acid groups (broad SMARTS) is 1. The largest absolute Gasteiger partial charge is 0.478 e. The second-order valence-electron chi connectivity index (χ2n) is 4.50. The number of rotatable bonds is 2. The second kappa shape index (κ2) is 5.07. The smallest absolute Gasteiger partial charge is 0.335 e. The highest BCUT2D eigenvalue weighted by Crippen LogP contribution is 2.24. The summed E-state index contributed by atoms with van der Waals surface area (Å²) < 4.78 is 5.67. The molecular weight excluding hydrogens is 292 g/mol. The number of aromatic carboxylic acids is 1. The van der Waals surface area contributed by atoms with Crippen LogP contribution in [0.2, 0.25) is 5.02 Å². The third-order valence-electron chi connectivity index (χ3n) is 3.10. The van der Waals surface area contributed by atoms with Crippen LogP contribution in [0, 0.1) is 0 Å². The van der Waals surface area contributed by atoms with Gasteiger partial charge in [-0.25, -0.2) is 4.79 Å². The van der Waals surface area contributed by atoms with E-state index in [4.69, 9.17) is 21.1 Å². The molecule has 0 amide bonds. The molecule has 104 valence electrons. The summed E-state index contributed by atoms with van der Waals surface area (Å²) in [5, 5.41) is 9.78. The lowest BCUT2D eigenvalue weighted by Crippen LogP contribution is -2.03. The zero-order valence-electron chi connectivity index (χ0n) is 10.7. The molecule has 0 atom stereocenters. The quantitative estimate of drug-likeness (QED) is 0.781. The van der Waals surface area contributed by atoms with Gasteiger partial charge in [0.25, 0.3) is 0 Å². The summed E-state index contributed by atoms with van der Waals surface area (Å²) in [4.78, 5) is 23.1. The summed E-state index contributed by atoms with van der Waals surface area (Å²) in [7, 11) is 0. The Labute approximate surface area is 124 Å². The Kier molecular flexibility index (Phi) is 3.23. The number of fused-ring (bicyclic) bond motifs is 1. The zero-order chi connectivity index (χ0) is 15.0. The highest BCUT2D eigenvalue weighted by molar-refractivity contribution is 6.30. The van der Waals surface area contributed by atoms with E-state index in [9.17, 15) is 9.59 Å². The van der Waals surface area contributed by atoms with Crippen molar-refractivity contribution in [2.45, 2.75) is 0 Å². The van der Waals surface area contributed by atoms with Gasteiger partial charge in [0.05, 0.1) is 10.9 Å². The van der Waals surface area contributed by atoms with Crippen LogP contribution in [0.25, 0.3) is 22.3 Å². The fourth-order valence-electron chi connectivity index (χ4n) is 2.05. The molecule has 1 heterocycles. The Hall–Kier alpha value is -2.59.